The number of halogens is 1. The van der Waals surface area contributed by atoms with Gasteiger partial charge in [0, 0.05) is 35.3 Å². The van der Waals surface area contributed by atoms with Gasteiger partial charge in [-0.3, -0.25) is 19.9 Å². The molecule has 0 aliphatic carbocycles. The van der Waals surface area contributed by atoms with E-state index < -0.39 is 0 Å². The molecule has 5 aromatic heterocycles. The summed E-state index contributed by atoms with van der Waals surface area (Å²) in [6, 6.07) is 14.1. The number of carbonyl (C=O) groups is 1. The molecule has 0 radical (unpaired) electrons. The Labute approximate surface area is 204 Å². The topological polar surface area (TPSA) is 112 Å². The minimum absolute atomic E-state index is 0.0830. The lowest BCUT2D eigenvalue weighted by molar-refractivity contribution is -0.115. The summed E-state index contributed by atoms with van der Waals surface area (Å²) in [7, 11) is 0. The van der Waals surface area contributed by atoms with E-state index in [2.05, 4.69) is 30.5 Å². The number of nitrogens with one attached hydrogen (secondary N) is 3. The van der Waals surface area contributed by atoms with Crippen molar-refractivity contribution in [2.24, 2.45) is 0 Å². The van der Waals surface area contributed by atoms with Crippen molar-refractivity contribution in [2.75, 3.05) is 5.32 Å². The molecule has 0 saturated carbocycles. The second kappa shape index (κ2) is 8.70. The molecule has 6 aromatic rings. The third-order valence-corrected chi connectivity index (χ3v) is 5.98. The Morgan fingerprint density at radius 2 is 1.86 bits per heavy atom. The zero-order valence-corrected chi connectivity index (χ0v) is 19.2. The fourth-order valence-electron chi connectivity index (χ4n) is 4.21. The zero-order chi connectivity index (χ0) is 24.6. The van der Waals surface area contributed by atoms with Crippen LogP contribution in [-0.4, -0.2) is 36.0 Å². The number of fused-ring (bicyclic) bond motifs is 2. The first-order chi connectivity index (χ1) is 17.6. The van der Waals surface area contributed by atoms with Crippen LogP contribution in [0.3, 0.4) is 0 Å². The predicted octanol–water partition coefficient (Wildman–Crippen LogP) is 5.72. The molecule has 0 bridgehead atoms. The van der Waals surface area contributed by atoms with Gasteiger partial charge in [-0.25, -0.2) is 9.37 Å². The molecule has 36 heavy (non-hydrogen) atoms. The number of H-pyrrole nitrogens is 2. The van der Waals surface area contributed by atoms with E-state index >= 15 is 0 Å². The minimum atomic E-state index is -0.303. The first-order valence-corrected chi connectivity index (χ1v) is 11.4. The molecule has 0 aliphatic rings. The van der Waals surface area contributed by atoms with E-state index in [9.17, 15) is 9.18 Å². The van der Waals surface area contributed by atoms with Crippen molar-refractivity contribution in [3.8, 4) is 33.8 Å². The second-order valence-electron chi connectivity index (χ2n) is 8.37. The SMILES string of the molecule is CCC(=O)Nc1cncc(-c2ccc3[nH]nc(-c4cc5c(-c6cccc(F)c6)cncc5[nH]4)c3n2)c1. The summed E-state index contributed by atoms with van der Waals surface area (Å²) < 4.78 is 13.9. The molecule has 1 amide bonds. The third kappa shape index (κ3) is 3.86. The van der Waals surface area contributed by atoms with Crippen LogP contribution >= 0.6 is 0 Å². The lowest BCUT2D eigenvalue weighted by atomic mass is 10.0. The molecule has 0 fully saturated rings. The van der Waals surface area contributed by atoms with E-state index in [1.165, 1.54) is 12.1 Å². The Bertz CT molecular complexity index is 1750. The summed E-state index contributed by atoms with van der Waals surface area (Å²) in [5, 5.41) is 11.3. The van der Waals surface area contributed by atoms with Crippen molar-refractivity contribution in [3.63, 3.8) is 0 Å². The summed E-state index contributed by atoms with van der Waals surface area (Å²) in [5.74, 6) is -0.386. The summed E-state index contributed by atoms with van der Waals surface area (Å²) in [6.07, 6.45) is 7.15. The van der Waals surface area contributed by atoms with Crippen LogP contribution in [-0.2, 0) is 4.79 Å². The Hall–Kier alpha value is -4.92. The molecule has 0 atom stereocenters. The number of pyridine rings is 3. The normalized spacial score (nSPS) is 11.3. The smallest absolute Gasteiger partial charge is 0.224 e. The number of hydrogen-bond acceptors (Lipinski definition) is 5. The van der Waals surface area contributed by atoms with Gasteiger partial charge in [0.15, 0.2) is 0 Å². The maximum Gasteiger partial charge on any atom is 0.224 e. The standard InChI is InChI=1S/C27H20FN7O/c1-2-25(36)31-18-9-16(11-29-12-18)21-6-7-22-26(33-21)27(35-34-22)23-10-19-20(13-30-14-24(19)32-23)15-4-3-5-17(28)8-15/h3-14,32H,2H2,1H3,(H,31,36)(H,34,35). The maximum absolute atomic E-state index is 13.9. The summed E-state index contributed by atoms with van der Waals surface area (Å²) in [6.45, 7) is 1.80. The molecular formula is C27H20FN7O. The van der Waals surface area contributed by atoms with Crippen molar-refractivity contribution in [1.82, 2.24) is 30.1 Å². The number of hydrogen-bond donors (Lipinski definition) is 3. The van der Waals surface area contributed by atoms with Gasteiger partial charge in [-0.05, 0) is 42.0 Å². The fourth-order valence-corrected chi connectivity index (χ4v) is 4.21. The third-order valence-electron chi connectivity index (χ3n) is 5.98. The van der Waals surface area contributed by atoms with Crippen molar-refractivity contribution < 1.29 is 9.18 Å². The largest absolute Gasteiger partial charge is 0.352 e. The highest BCUT2D eigenvalue weighted by molar-refractivity contribution is 6.00. The Balaban J connectivity index is 1.43. The highest BCUT2D eigenvalue weighted by atomic mass is 19.1. The van der Waals surface area contributed by atoms with Crippen LogP contribution in [0.4, 0.5) is 10.1 Å². The van der Waals surface area contributed by atoms with Crippen LogP contribution in [0, 0.1) is 5.82 Å². The van der Waals surface area contributed by atoms with Gasteiger partial charge in [0.2, 0.25) is 5.91 Å². The number of anilines is 1. The maximum atomic E-state index is 13.9. The molecule has 6 rings (SSSR count). The number of aromatic nitrogens is 6. The summed E-state index contributed by atoms with van der Waals surface area (Å²) in [5.41, 5.74) is 7.32. The van der Waals surface area contributed by atoms with Crippen molar-refractivity contribution >= 4 is 33.5 Å². The number of benzene rings is 1. The molecular weight excluding hydrogens is 457 g/mol. The van der Waals surface area contributed by atoms with E-state index in [4.69, 9.17) is 4.98 Å². The first-order valence-electron chi connectivity index (χ1n) is 11.4. The van der Waals surface area contributed by atoms with Crippen LogP contribution in [0.1, 0.15) is 13.3 Å². The van der Waals surface area contributed by atoms with Crippen molar-refractivity contribution in [1.29, 1.82) is 0 Å². The number of aromatic amines is 2. The fraction of sp³-hybridized carbons (Fsp3) is 0.0741. The summed E-state index contributed by atoms with van der Waals surface area (Å²) in [4.78, 5) is 28.6. The van der Waals surface area contributed by atoms with Crippen molar-refractivity contribution in [2.45, 2.75) is 13.3 Å². The van der Waals surface area contributed by atoms with Gasteiger partial charge in [-0.1, -0.05) is 19.1 Å². The molecule has 8 nitrogen and oxygen atoms in total. The number of nitrogens with zero attached hydrogens (tertiary/aromatic N) is 4. The minimum Gasteiger partial charge on any atom is -0.352 e. The van der Waals surface area contributed by atoms with Crippen LogP contribution in [0.15, 0.2) is 73.3 Å². The van der Waals surface area contributed by atoms with E-state index in [0.717, 1.165) is 38.8 Å². The first kappa shape index (κ1) is 21.6. The molecule has 3 N–H and O–H groups in total. The van der Waals surface area contributed by atoms with Gasteiger partial charge >= 0.3 is 0 Å². The van der Waals surface area contributed by atoms with Gasteiger partial charge in [0.25, 0.3) is 0 Å². The molecule has 176 valence electrons. The van der Waals surface area contributed by atoms with Crippen LogP contribution < -0.4 is 5.32 Å². The van der Waals surface area contributed by atoms with Crippen molar-refractivity contribution in [3.05, 3.63) is 79.1 Å². The van der Waals surface area contributed by atoms with Gasteiger partial charge < -0.3 is 10.3 Å². The predicted molar refractivity (Wildman–Crippen MR) is 137 cm³/mol. The molecule has 0 unspecified atom stereocenters. The molecule has 1 aromatic carbocycles. The molecule has 0 aliphatic heterocycles. The number of amides is 1. The van der Waals surface area contributed by atoms with Crippen LogP contribution in [0.2, 0.25) is 0 Å². The molecule has 0 saturated heterocycles. The van der Waals surface area contributed by atoms with E-state index in [0.29, 0.717) is 29.0 Å². The van der Waals surface area contributed by atoms with Gasteiger partial charge in [-0.2, -0.15) is 5.10 Å². The molecule has 0 spiro atoms. The number of carbonyl (C=O) groups excluding carboxylic acids is 1. The Kier molecular flexibility index (Phi) is 5.22. The monoisotopic (exact) mass is 477 g/mol. The average Bonchev–Trinajstić information content (AvgIpc) is 3.52. The van der Waals surface area contributed by atoms with E-state index in [1.807, 2.05) is 30.3 Å². The quantitative estimate of drug-likeness (QED) is 0.294. The Morgan fingerprint density at radius 3 is 2.72 bits per heavy atom. The average molecular weight is 478 g/mol. The van der Waals surface area contributed by atoms with Crippen LogP contribution in [0.25, 0.3) is 55.7 Å². The lowest BCUT2D eigenvalue weighted by Gasteiger charge is -2.06. The highest BCUT2D eigenvalue weighted by Crippen LogP contribution is 2.34. The van der Waals surface area contributed by atoms with Gasteiger partial charge in [-0.15, -0.1) is 0 Å². The highest BCUT2D eigenvalue weighted by Gasteiger charge is 2.16. The lowest BCUT2D eigenvalue weighted by Crippen LogP contribution is -2.09. The zero-order valence-electron chi connectivity index (χ0n) is 19.2. The van der Waals surface area contributed by atoms with E-state index in [-0.39, 0.29) is 11.7 Å². The summed E-state index contributed by atoms with van der Waals surface area (Å²) >= 11 is 0. The molecule has 9 heteroatoms. The van der Waals surface area contributed by atoms with Gasteiger partial charge in [0.1, 0.15) is 17.0 Å². The Morgan fingerprint density at radius 1 is 0.972 bits per heavy atom. The molecule has 5 heterocycles. The van der Waals surface area contributed by atoms with E-state index in [1.54, 1.807) is 37.8 Å². The van der Waals surface area contributed by atoms with Gasteiger partial charge in [0.05, 0.1) is 40.5 Å². The second-order valence-corrected chi connectivity index (χ2v) is 8.37. The van der Waals surface area contributed by atoms with Crippen LogP contribution in [0.5, 0.6) is 0 Å². The number of rotatable bonds is 5.